The molecule has 0 saturated heterocycles. The fraction of sp³-hybridized carbons (Fsp3) is 1.00. The van der Waals surface area contributed by atoms with E-state index in [1.807, 2.05) is 6.92 Å². The van der Waals surface area contributed by atoms with Crippen LogP contribution in [0.15, 0.2) is 0 Å². The number of halogens is 18. The summed E-state index contributed by atoms with van der Waals surface area (Å²) in [5, 5.41) is 16.5. The van der Waals surface area contributed by atoms with E-state index < -0.39 is 72.9 Å². The Morgan fingerprint density at radius 3 is 0.650 bits per heavy atom. The third kappa shape index (κ3) is 8.28. The Balaban J connectivity index is -0.000000569. The molecule has 40 heavy (non-hydrogen) atoms. The van der Waals surface area contributed by atoms with Crippen LogP contribution in [-0.2, 0) is 20.2 Å². The number of hydrogen-bond acceptors (Lipinski definition) is 6. The molecule has 0 aliphatic rings. The van der Waals surface area contributed by atoms with Gasteiger partial charge in [-0.25, -0.2) is 0 Å². The van der Waals surface area contributed by atoms with E-state index in [9.17, 15) is 95.9 Å². The largest absolute Gasteiger partial charge is 0.428 e. The average molecular weight is 690 g/mol. The highest BCUT2D eigenvalue weighted by atomic mass is 32.2. The van der Waals surface area contributed by atoms with Gasteiger partial charge in [-0.15, -0.1) is 0 Å². The van der Waals surface area contributed by atoms with Crippen molar-refractivity contribution in [2.75, 3.05) is 6.61 Å². The molecule has 246 valence electrons. The van der Waals surface area contributed by atoms with E-state index in [4.69, 9.17) is 19.3 Å². The lowest BCUT2D eigenvalue weighted by atomic mass is 10.1. The van der Waals surface area contributed by atoms with Gasteiger partial charge >= 0.3 is 46.6 Å². The van der Waals surface area contributed by atoms with Crippen LogP contribution in [0.2, 0.25) is 0 Å². The summed E-state index contributed by atoms with van der Waals surface area (Å²) in [6.07, 6.45) is -43.8. The Bertz CT molecular complexity index is 860. The fourth-order valence-electron chi connectivity index (χ4n) is 1.97. The van der Waals surface area contributed by atoms with Gasteiger partial charge in [0.1, 0.15) is 0 Å². The first kappa shape index (κ1) is 42.9. The van der Waals surface area contributed by atoms with E-state index in [2.05, 4.69) is 0 Å². The second kappa shape index (κ2) is 12.4. The molecule has 1 atom stereocenters. The highest BCUT2D eigenvalue weighted by molar-refractivity contribution is 7.87. The average Bonchev–Trinajstić information content (AvgIpc) is 2.51. The molecule has 0 aromatic carbocycles. The van der Waals surface area contributed by atoms with Crippen molar-refractivity contribution in [2.24, 2.45) is 0 Å². The van der Waals surface area contributed by atoms with Crippen LogP contribution in [-0.4, -0.2) is 95.4 Å². The summed E-state index contributed by atoms with van der Waals surface area (Å²) >= 11 is 0. The van der Waals surface area contributed by atoms with E-state index >= 15 is 0 Å². The quantitative estimate of drug-likeness (QED) is 0.252. The molecule has 0 fully saturated rings. The van der Waals surface area contributed by atoms with Crippen molar-refractivity contribution in [1.29, 1.82) is 0 Å². The van der Waals surface area contributed by atoms with Crippen molar-refractivity contribution >= 4 is 20.2 Å². The summed E-state index contributed by atoms with van der Waals surface area (Å²) in [7, 11) is -15.1. The summed E-state index contributed by atoms with van der Waals surface area (Å²) in [4.78, 5) is 0. The predicted octanol–water partition coefficient (Wildman–Crippen LogP) is 4.35. The van der Waals surface area contributed by atoms with Crippen molar-refractivity contribution in [2.45, 2.75) is 66.0 Å². The van der Waals surface area contributed by atoms with Gasteiger partial charge in [0.2, 0.25) is 0 Å². The summed E-state index contributed by atoms with van der Waals surface area (Å²) in [6, 6.07) is 0. The molecule has 0 rings (SSSR count). The monoisotopic (exact) mass is 690 g/mol. The topological polar surface area (TPSA) is 149 Å². The molecule has 0 radical (unpaired) electrons. The first-order valence-electron chi connectivity index (χ1n) is 8.44. The minimum absolute atomic E-state index is 0.115. The lowest BCUT2D eigenvalue weighted by Crippen LogP contribution is -2.70. The molecule has 0 bridgehead atoms. The SMILES string of the molecule is CCC(O)CO.O=S(=O)(O)C(C(F)(F)F)(C(F)(F)F)C(F)(F)F.O=S(=O)(O)C(C(F)(F)F)(C(F)(F)F)C(F)(F)F. The molecular weight excluding hydrogens is 678 g/mol. The predicted molar refractivity (Wildman–Crippen MR) is 88.3 cm³/mol. The Hall–Kier alpha value is -1.52. The van der Waals surface area contributed by atoms with Crippen LogP contribution >= 0.6 is 0 Å². The van der Waals surface area contributed by atoms with Gasteiger partial charge in [-0.05, 0) is 6.42 Å². The molecule has 0 amide bonds. The summed E-state index contributed by atoms with van der Waals surface area (Å²) in [5.41, 5.74) is 0. The Labute approximate surface area is 209 Å². The van der Waals surface area contributed by atoms with E-state index in [-0.39, 0.29) is 6.61 Å². The highest BCUT2D eigenvalue weighted by Crippen LogP contribution is 2.58. The van der Waals surface area contributed by atoms with Crippen LogP contribution in [0.1, 0.15) is 13.3 Å². The minimum Gasteiger partial charge on any atom is -0.394 e. The van der Waals surface area contributed by atoms with Crippen molar-refractivity contribution in [1.82, 2.24) is 0 Å². The molecule has 0 spiro atoms. The number of rotatable bonds is 4. The van der Waals surface area contributed by atoms with Crippen LogP contribution in [0.5, 0.6) is 0 Å². The van der Waals surface area contributed by atoms with Gasteiger partial charge in [0.05, 0.1) is 12.7 Å². The summed E-state index contributed by atoms with van der Waals surface area (Å²) in [6.45, 7) is 1.71. The molecule has 8 nitrogen and oxygen atoms in total. The first-order valence-corrected chi connectivity index (χ1v) is 11.3. The van der Waals surface area contributed by atoms with E-state index in [0.29, 0.717) is 6.42 Å². The summed E-state index contributed by atoms with van der Waals surface area (Å²) in [5.74, 6) is 0. The van der Waals surface area contributed by atoms with Gasteiger partial charge < -0.3 is 10.2 Å². The van der Waals surface area contributed by atoms with Gasteiger partial charge in [0, 0.05) is 0 Å². The van der Waals surface area contributed by atoms with Crippen LogP contribution in [0.25, 0.3) is 0 Å². The second-order valence-corrected chi connectivity index (χ2v) is 9.67. The van der Waals surface area contributed by atoms with E-state index in [1.54, 1.807) is 0 Å². The maximum atomic E-state index is 11.9. The fourth-order valence-corrected chi connectivity index (χ4v) is 3.73. The smallest absolute Gasteiger partial charge is 0.394 e. The zero-order valence-electron chi connectivity index (χ0n) is 18.0. The lowest BCUT2D eigenvalue weighted by Gasteiger charge is -2.35. The van der Waals surface area contributed by atoms with Gasteiger partial charge in [0.25, 0.3) is 20.2 Å². The highest BCUT2D eigenvalue weighted by Gasteiger charge is 2.92. The van der Waals surface area contributed by atoms with Crippen molar-refractivity contribution < 1.29 is 115 Å². The van der Waals surface area contributed by atoms with Crippen molar-refractivity contribution in [3.05, 3.63) is 0 Å². The maximum absolute atomic E-state index is 11.9. The normalized spacial score (nSPS) is 15.9. The Morgan fingerprint density at radius 2 is 0.650 bits per heavy atom. The number of aliphatic hydroxyl groups excluding tert-OH is 2. The molecule has 28 heteroatoms. The van der Waals surface area contributed by atoms with Crippen molar-refractivity contribution in [3.63, 3.8) is 0 Å². The van der Waals surface area contributed by atoms with Gasteiger partial charge in [0.15, 0.2) is 0 Å². The van der Waals surface area contributed by atoms with Crippen LogP contribution in [0.4, 0.5) is 79.0 Å². The molecule has 0 heterocycles. The molecular formula is C12H12F18O8S2. The standard InChI is InChI=1S/2C4HF9O3S.C4H10O2/c2*5-2(6,7)1(3(8,9)10,4(11,12)13)17(14,15)16;1-2-4(6)3-5/h2*(H,14,15,16);4-6H,2-3H2,1H3. The number of aliphatic hydroxyl groups is 2. The van der Waals surface area contributed by atoms with Crippen molar-refractivity contribution in [3.8, 4) is 0 Å². The maximum Gasteiger partial charge on any atom is 0.428 e. The molecule has 0 aromatic heterocycles. The molecule has 4 N–H and O–H groups in total. The van der Waals surface area contributed by atoms with Gasteiger partial charge in [-0.3, -0.25) is 9.11 Å². The molecule has 0 aromatic rings. The lowest BCUT2D eigenvalue weighted by molar-refractivity contribution is -0.351. The first-order chi connectivity index (χ1) is 16.8. The van der Waals surface area contributed by atoms with Gasteiger partial charge in [-0.1, -0.05) is 6.92 Å². The minimum atomic E-state index is -7.57. The second-order valence-electron chi connectivity index (χ2n) is 6.54. The van der Waals surface area contributed by atoms with Crippen LogP contribution < -0.4 is 0 Å². The van der Waals surface area contributed by atoms with Crippen LogP contribution in [0, 0.1) is 0 Å². The molecule has 0 aliphatic heterocycles. The van der Waals surface area contributed by atoms with E-state index in [1.165, 1.54) is 0 Å². The third-order valence-electron chi connectivity index (χ3n) is 3.85. The summed E-state index contributed by atoms with van der Waals surface area (Å²) < 4.78 is 255. The zero-order chi connectivity index (χ0) is 34.0. The molecule has 0 saturated carbocycles. The molecule has 1 unspecified atom stereocenters. The zero-order valence-corrected chi connectivity index (χ0v) is 19.7. The van der Waals surface area contributed by atoms with Crippen LogP contribution in [0.3, 0.4) is 0 Å². The Kier molecular flexibility index (Phi) is 13.3. The Morgan fingerprint density at radius 1 is 0.500 bits per heavy atom. The third-order valence-corrected chi connectivity index (χ3v) is 6.79. The van der Waals surface area contributed by atoms with Gasteiger partial charge in [-0.2, -0.15) is 95.9 Å². The van der Waals surface area contributed by atoms with E-state index in [0.717, 1.165) is 0 Å². The molecule has 0 aliphatic carbocycles. The number of alkyl halides is 18. The number of hydrogen-bond donors (Lipinski definition) is 4.